The second-order valence-corrected chi connectivity index (χ2v) is 17.0. The van der Waals surface area contributed by atoms with E-state index >= 15 is 0 Å². The smallest absolute Gasteiger partial charge is 0.262 e. The molecule has 2 unspecified atom stereocenters. The van der Waals surface area contributed by atoms with Gasteiger partial charge < -0.3 is 38.0 Å². The Bertz CT molecular complexity index is 1220. The van der Waals surface area contributed by atoms with Gasteiger partial charge in [0.05, 0.1) is 0 Å². The van der Waals surface area contributed by atoms with E-state index in [4.69, 9.17) is 32.8 Å². The molecule has 9 heteroatoms. The third-order valence-electron chi connectivity index (χ3n) is 7.69. The molecule has 4 fully saturated rings. The van der Waals surface area contributed by atoms with Crippen molar-refractivity contribution < 1.29 is 38.0 Å². The lowest BCUT2D eigenvalue weighted by Crippen LogP contribution is -2.68. The zero-order chi connectivity index (χ0) is 29.8. The van der Waals surface area contributed by atoms with Gasteiger partial charge in [0.15, 0.2) is 23.8 Å². The maximum absolute atomic E-state index is 9.47. The highest BCUT2D eigenvalue weighted by atomic mass is 28.4. The minimum atomic E-state index is -2.74. The van der Waals surface area contributed by atoms with Crippen molar-refractivity contribution in [3.05, 3.63) is 85.3 Å². The molecule has 6 rings (SSSR count). The van der Waals surface area contributed by atoms with E-state index in [1.54, 1.807) is 13.8 Å². The van der Waals surface area contributed by atoms with Crippen molar-refractivity contribution in [1.82, 2.24) is 0 Å². The molecule has 2 aromatic carbocycles. The molecule has 0 aliphatic carbocycles. The number of hydrogen-bond donors (Lipinski definition) is 1. The monoisotopic (exact) mass is 582 g/mol. The summed E-state index contributed by atoms with van der Waals surface area (Å²) in [7, 11) is -2.74. The fourth-order valence-corrected chi connectivity index (χ4v) is 10.6. The van der Waals surface area contributed by atoms with Crippen LogP contribution in [0.2, 0.25) is 5.04 Å². The molecule has 0 saturated carbocycles. The molecule has 0 aromatic heterocycles. The lowest BCUT2D eigenvalue weighted by atomic mass is 10.2. The van der Waals surface area contributed by atoms with Crippen LogP contribution in [0.4, 0.5) is 0 Å². The molecule has 2 aromatic rings. The van der Waals surface area contributed by atoms with Crippen LogP contribution in [0.1, 0.15) is 48.5 Å². The van der Waals surface area contributed by atoms with Gasteiger partial charge in [0.1, 0.15) is 23.7 Å². The van der Waals surface area contributed by atoms with Crippen LogP contribution in [-0.4, -0.2) is 62.0 Å². The van der Waals surface area contributed by atoms with Gasteiger partial charge in [0, 0.05) is 0 Å². The van der Waals surface area contributed by atoms with E-state index in [2.05, 4.69) is 82.5 Å². The second-order valence-electron chi connectivity index (χ2n) is 12.8. The second kappa shape index (κ2) is 10.6. The molecule has 8 nitrogen and oxygen atoms in total. The minimum absolute atomic E-state index is 0.136. The molecular formula is C32H42O8Si. The first-order valence-electron chi connectivity index (χ1n) is 14.0. The van der Waals surface area contributed by atoms with Gasteiger partial charge in [-0.1, -0.05) is 94.6 Å². The average Bonchev–Trinajstić information content (AvgIpc) is 3.54. The third kappa shape index (κ3) is 5.64. The van der Waals surface area contributed by atoms with Crippen molar-refractivity contribution in [1.29, 1.82) is 0 Å². The Morgan fingerprint density at radius 3 is 1.61 bits per heavy atom. The molecule has 4 saturated heterocycles. The molecule has 0 radical (unpaired) electrons. The topological polar surface area (TPSA) is 84.8 Å². The van der Waals surface area contributed by atoms with E-state index in [1.807, 2.05) is 26.0 Å². The van der Waals surface area contributed by atoms with Gasteiger partial charge in [-0.3, -0.25) is 0 Å². The standard InChI is InChI=1S/C24H30O4Si.C8H12O4/c1-17-20(21-22(25-17)27-24(5,6)26-21)28-29(23(2,3)4,18-13-9-7-10-14-18)19-15-11-8-12-16-19;1-4-5(9)6-7(10-4)12-8(2,3)11-6/h7-16,20-22H,1H2,2-6H3;5-7,9H,1H2,2-3H3/t20-,21?,22+;5-,6?,7+/m00/s1. The molecule has 4 aliphatic rings. The summed E-state index contributed by atoms with van der Waals surface area (Å²) in [6.45, 7) is 21.8. The van der Waals surface area contributed by atoms with E-state index in [0.717, 1.165) is 0 Å². The SMILES string of the molecule is C=C1O[C@@H]2OC(C)(C)OC2[C@H]1O.C=C1O[C@@H]2OC(C)(C)OC2[C@H]1O[Si](c1ccccc1)(c1ccccc1)C(C)(C)C. The van der Waals surface area contributed by atoms with Crippen molar-refractivity contribution in [2.24, 2.45) is 0 Å². The van der Waals surface area contributed by atoms with Crippen LogP contribution >= 0.6 is 0 Å². The number of rotatable bonds is 4. The van der Waals surface area contributed by atoms with E-state index in [1.165, 1.54) is 10.4 Å². The molecule has 0 bridgehead atoms. The lowest BCUT2D eigenvalue weighted by molar-refractivity contribution is -0.189. The Balaban J connectivity index is 0.000000234. The summed E-state index contributed by atoms with van der Waals surface area (Å²) in [5.41, 5.74) is 0. The van der Waals surface area contributed by atoms with Crippen LogP contribution in [0.5, 0.6) is 0 Å². The number of aliphatic hydroxyl groups is 1. The number of benzene rings is 2. The highest BCUT2D eigenvalue weighted by Gasteiger charge is 2.59. The Hall–Kier alpha value is -2.50. The Kier molecular flexibility index (Phi) is 7.78. The summed E-state index contributed by atoms with van der Waals surface area (Å²) in [6, 6.07) is 21.1. The predicted octanol–water partition coefficient (Wildman–Crippen LogP) is 4.32. The summed E-state index contributed by atoms with van der Waals surface area (Å²) in [5.74, 6) is -0.482. The fourth-order valence-electron chi connectivity index (χ4n) is 5.93. The van der Waals surface area contributed by atoms with Crippen LogP contribution in [0, 0.1) is 0 Å². The van der Waals surface area contributed by atoms with Crippen molar-refractivity contribution >= 4 is 18.7 Å². The normalized spacial score (nSPS) is 31.5. The summed E-state index contributed by atoms with van der Waals surface area (Å²) < 4.78 is 41.1. The van der Waals surface area contributed by atoms with Gasteiger partial charge in [-0.2, -0.15) is 0 Å². The van der Waals surface area contributed by atoms with Gasteiger partial charge in [0.25, 0.3) is 8.32 Å². The molecule has 1 N–H and O–H groups in total. The first-order valence-corrected chi connectivity index (χ1v) is 15.9. The molecular weight excluding hydrogens is 540 g/mol. The van der Waals surface area contributed by atoms with Gasteiger partial charge in [-0.05, 0) is 43.1 Å². The average molecular weight is 583 g/mol. The van der Waals surface area contributed by atoms with Gasteiger partial charge in [0.2, 0.25) is 12.6 Å². The number of aliphatic hydroxyl groups excluding tert-OH is 1. The van der Waals surface area contributed by atoms with E-state index in [0.29, 0.717) is 11.5 Å². The van der Waals surface area contributed by atoms with Gasteiger partial charge >= 0.3 is 0 Å². The number of fused-ring (bicyclic) bond motifs is 2. The molecule has 4 aliphatic heterocycles. The molecule has 222 valence electrons. The van der Waals surface area contributed by atoms with Crippen molar-refractivity contribution in [3.63, 3.8) is 0 Å². The highest BCUT2D eigenvalue weighted by Crippen LogP contribution is 2.44. The zero-order valence-corrected chi connectivity index (χ0v) is 26.0. The minimum Gasteiger partial charge on any atom is -0.464 e. The lowest BCUT2D eigenvalue weighted by Gasteiger charge is -2.45. The maximum atomic E-state index is 9.47. The summed E-state index contributed by atoms with van der Waals surface area (Å²) in [5, 5.41) is 11.8. The molecule has 6 atom stereocenters. The number of ether oxygens (including phenoxy) is 6. The molecule has 0 spiro atoms. The van der Waals surface area contributed by atoms with Crippen molar-refractivity contribution in [2.45, 2.75) is 102 Å². The fraction of sp³-hybridized carbons (Fsp3) is 0.500. The van der Waals surface area contributed by atoms with Crippen LogP contribution in [0.25, 0.3) is 0 Å². The molecule has 0 amide bonds. The largest absolute Gasteiger partial charge is 0.464 e. The van der Waals surface area contributed by atoms with Crippen LogP contribution in [0.15, 0.2) is 85.3 Å². The van der Waals surface area contributed by atoms with E-state index in [-0.39, 0.29) is 11.1 Å². The Morgan fingerprint density at radius 2 is 1.15 bits per heavy atom. The maximum Gasteiger partial charge on any atom is 0.262 e. The molecule has 4 heterocycles. The Labute approximate surface area is 243 Å². The van der Waals surface area contributed by atoms with E-state index < -0.39 is 50.8 Å². The van der Waals surface area contributed by atoms with E-state index in [9.17, 15) is 5.11 Å². The summed E-state index contributed by atoms with van der Waals surface area (Å²) >= 11 is 0. The summed E-state index contributed by atoms with van der Waals surface area (Å²) in [6.07, 6.45) is -2.90. The van der Waals surface area contributed by atoms with Crippen LogP contribution < -0.4 is 10.4 Å². The first kappa shape index (κ1) is 30.0. The van der Waals surface area contributed by atoms with Crippen molar-refractivity contribution in [2.75, 3.05) is 0 Å². The van der Waals surface area contributed by atoms with Crippen LogP contribution in [0.3, 0.4) is 0 Å². The predicted molar refractivity (Wildman–Crippen MR) is 157 cm³/mol. The van der Waals surface area contributed by atoms with Crippen molar-refractivity contribution in [3.8, 4) is 0 Å². The Morgan fingerprint density at radius 1 is 0.707 bits per heavy atom. The summed E-state index contributed by atoms with van der Waals surface area (Å²) in [4.78, 5) is 0. The van der Waals surface area contributed by atoms with Crippen LogP contribution in [-0.2, 0) is 32.8 Å². The van der Waals surface area contributed by atoms with Gasteiger partial charge in [-0.15, -0.1) is 0 Å². The zero-order valence-electron chi connectivity index (χ0n) is 25.0. The first-order chi connectivity index (χ1) is 19.1. The van der Waals surface area contributed by atoms with Gasteiger partial charge in [-0.25, -0.2) is 0 Å². The number of hydrogen-bond acceptors (Lipinski definition) is 8. The molecule has 41 heavy (non-hydrogen) atoms. The quantitative estimate of drug-likeness (QED) is 0.534. The highest BCUT2D eigenvalue weighted by molar-refractivity contribution is 6.99. The third-order valence-corrected chi connectivity index (χ3v) is 12.7.